The maximum Gasteiger partial charge on any atom is 0.224 e. The van der Waals surface area contributed by atoms with Crippen molar-refractivity contribution < 1.29 is 14.3 Å². The van der Waals surface area contributed by atoms with Crippen molar-refractivity contribution in [2.45, 2.75) is 12.8 Å². The van der Waals surface area contributed by atoms with Crippen LogP contribution in [0.15, 0.2) is 60.9 Å². The van der Waals surface area contributed by atoms with Crippen molar-refractivity contribution in [3.63, 3.8) is 0 Å². The van der Waals surface area contributed by atoms with E-state index in [9.17, 15) is 4.79 Å². The molecule has 2 aromatic carbocycles. The van der Waals surface area contributed by atoms with E-state index in [1.807, 2.05) is 54.6 Å². The lowest BCUT2D eigenvalue weighted by Crippen LogP contribution is -2.27. The molecular formula is C23H23N5O3. The second-order valence-corrected chi connectivity index (χ2v) is 6.92. The minimum absolute atomic E-state index is 0.0725. The van der Waals surface area contributed by atoms with Gasteiger partial charge >= 0.3 is 0 Å². The Morgan fingerprint density at radius 2 is 1.87 bits per heavy atom. The number of fused-ring (bicyclic) bond motifs is 1. The van der Waals surface area contributed by atoms with Gasteiger partial charge in [0.15, 0.2) is 11.5 Å². The number of hydrogen-bond donors (Lipinski definition) is 1. The number of rotatable bonds is 8. The molecule has 1 amide bonds. The van der Waals surface area contributed by atoms with E-state index in [0.29, 0.717) is 30.2 Å². The molecule has 0 aliphatic carbocycles. The van der Waals surface area contributed by atoms with Gasteiger partial charge in [-0.3, -0.25) is 4.79 Å². The van der Waals surface area contributed by atoms with Gasteiger partial charge in [0.25, 0.3) is 0 Å². The Hall–Kier alpha value is -3.94. The van der Waals surface area contributed by atoms with Crippen LogP contribution >= 0.6 is 0 Å². The molecule has 8 nitrogen and oxygen atoms in total. The second kappa shape index (κ2) is 9.25. The largest absolute Gasteiger partial charge is 0.497 e. The number of carbonyl (C=O) groups excluding carboxylic acids is 1. The molecule has 0 unspecified atom stereocenters. The van der Waals surface area contributed by atoms with Gasteiger partial charge in [0.1, 0.15) is 17.8 Å². The van der Waals surface area contributed by atoms with Gasteiger partial charge in [-0.15, -0.1) is 5.10 Å². The van der Waals surface area contributed by atoms with Crippen molar-refractivity contribution in [2.75, 3.05) is 20.8 Å². The maximum atomic E-state index is 12.3. The summed E-state index contributed by atoms with van der Waals surface area (Å²) in [5.41, 5.74) is 3.33. The Balaban J connectivity index is 1.37. The fourth-order valence-electron chi connectivity index (χ4n) is 3.26. The molecule has 0 atom stereocenters. The second-order valence-electron chi connectivity index (χ2n) is 6.92. The van der Waals surface area contributed by atoms with Crippen molar-refractivity contribution in [3.8, 4) is 22.8 Å². The zero-order valence-electron chi connectivity index (χ0n) is 17.4. The first-order chi connectivity index (χ1) is 15.2. The summed E-state index contributed by atoms with van der Waals surface area (Å²) in [6.45, 7) is 0.448. The molecule has 4 rings (SSSR count). The summed E-state index contributed by atoms with van der Waals surface area (Å²) in [6, 6.07) is 17.1. The first-order valence-corrected chi connectivity index (χ1v) is 9.90. The average Bonchev–Trinajstić information content (AvgIpc) is 3.21. The summed E-state index contributed by atoms with van der Waals surface area (Å²) >= 11 is 0. The van der Waals surface area contributed by atoms with Crippen molar-refractivity contribution in [2.24, 2.45) is 0 Å². The lowest BCUT2D eigenvalue weighted by atomic mass is 10.1. The third-order valence-electron chi connectivity index (χ3n) is 4.87. The van der Waals surface area contributed by atoms with Crippen LogP contribution in [0.4, 0.5) is 0 Å². The van der Waals surface area contributed by atoms with E-state index >= 15 is 0 Å². The van der Waals surface area contributed by atoms with Gasteiger partial charge in [0.05, 0.1) is 26.3 Å². The minimum atomic E-state index is -0.0725. The summed E-state index contributed by atoms with van der Waals surface area (Å²) in [6.07, 6.45) is 2.43. The number of para-hydroxylation sites is 1. The van der Waals surface area contributed by atoms with Crippen LogP contribution in [0.3, 0.4) is 0 Å². The monoisotopic (exact) mass is 417 g/mol. The number of carbonyl (C=O) groups is 1. The third-order valence-corrected chi connectivity index (χ3v) is 4.87. The van der Waals surface area contributed by atoms with E-state index in [4.69, 9.17) is 9.47 Å². The van der Waals surface area contributed by atoms with Crippen molar-refractivity contribution in [1.29, 1.82) is 0 Å². The van der Waals surface area contributed by atoms with Crippen molar-refractivity contribution >= 4 is 11.6 Å². The van der Waals surface area contributed by atoms with Crippen LogP contribution in [0.25, 0.3) is 16.9 Å². The number of methoxy groups -OCH3 is 2. The molecule has 1 N–H and O–H groups in total. The summed E-state index contributed by atoms with van der Waals surface area (Å²) < 4.78 is 12.1. The lowest BCUT2D eigenvalue weighted by molar-refractivity contribution is -0.120. The van der Waals surface area contributed by atoms with Crippen LogP contribution in [-0.4, -0.2) is 46.3 Å². The van der Waals surface area contributed by atoms with E-state index < -0.39 is 0 Å². The Bertz CT molecular complexity index is 1190. The Labute approximate surface area is 179 Å². The Morgan fingerprint density at radius 3 is 2.65 bits per heavy atom. The minimum Gasteiger partial charge on any atom is -0.497 e. The third kappa shape index (κ3) is 4.80. The van der Waals surface area contributed by atoms with Gasteiger partial charge in [-0.1, -0.05) is 18.2 Å². The fourth-order valence-corrected chi connectivity index (χ4v) is 3.26. The summed E-state index contributed by atoms with van der Waals surface area (Å²) in [7, 11) is 3.23. The van der Waals surface area contributed by atoms with Crippen molar-refractivity contribution in [3.05, 3.63) is 72.3 Å². The van der Waals surface area contributed by atoms with Crippen LogP contribution in [0.1, 0.15) is 11.4 Å². The smallest absolute Gasteiger partial charge is 0.224 e. The van der Waals surface area contributed by atoms with Gasteiger partial charge in [-0.05, 0) is 30.3 Å². The maximum absolute atomic E-state index is 12.3. The predicted molar refractivity (Wildman–Crippen MR) is 116 cm³/mol. The number of benzene rings is 2. The molecule has 0 saturated heterocycles. The quantitative estimate of drug-likeness (QED) is 0.474. The predicted octanol–water partition coefficient (Wildman–Crippen LogP) is 2.71. The molecule has 0 saturated carbocycles. The summed E-state index contributed by atoms with van der Waals surface area (Å²) in [4.78, 5) is 21.3. The first-order valence-electron chi connectivity index (χ1n) is 9.90. The van der Waals surface area contributed by atoms with Gasteiger partial charge < -0.3 is 14.8 Å². The number of nitrogens with zero attached hydrogens (tertiary/aromatic N) is 4. The highest BCUT2D eigenvalue weighted by Gasteiger charge is 2.10. The van der Waals surface area contributed by atoms with Crippen LogP contribution in [0.2, 0.25) is 0 Å². The van der Waals surface area contributed by atoms with E-state index in [2.05, 4.69) is 20.4 Å². The summed E-state index contributed by atoms with van der Waals surface area (Å²) in [5, 5.41) is 7.35. The van der Waals surface area contributed by atoms with E-state index in [0.717, 1.165) is 22.6 Å². The summed E-state index contributed by atoms with van der Waals surface area (Å²) in [5.74, 6) is 2.07. The number of ether oxygens (including phenoxy) is 2. The highest BCUT2D eigenvalue weighted by atomic mass is 16.5. The highest BCUT2D eigenvalue weighted by molar-refractivity contribution is 5.79. The van der Waals surface area contributed by atoms with Crippen LogP contribution in [-0.2, 0) is 17.6 Å². The molecule has 8 heteroatoms. The molecule has 0 fully saturated rings. The zero-order chi connectivity index (χ0) is 21.6. The molecule has 0 radical (unpaired) electrons. The first kappa shape index (κ1) is 20.3. The Kier molecular flexibility index (Phi) is 6.07. The molecular weight excluding hydrogens is 394 g/mol. The zero-order valence-corrected chi connectivity index (χ0v) is 17.4. The number of aromatic nitrogens is 4. The van der Waals surface area contributed by atoms with E-state index in [1.54, 1.807) is 25.1 Å². The van der Waals surface area contributed by atoms with Gasteiger partial charge in [0.2, 0.25) is 5.91 Å². The lowest BCUT2D eigenvalue weighted by Gasteiger charge is -2.08. The van der Waals surface area contributed by atoms with Crippen LogP contribution in [0, 0.1) is 0 Å². The fraction of sp³-hybridized carbons (Fsp3) is 0.217. The van der Waals surface area contributed by atoms with E-state index in [1.165, 1.54) is 0 Å². The molecule has 2 heterocycles. The molecule has 4 aromatic rings. The van der Waals surface area contributed by atoms with Crippen LogP contribution in [0.5, 0.6) is 11.5 Å². The average molecular weight is 417 g/mol. The van der Waals surface area contributed by atoms with Crippen LogP contribution < -0.4 is 14.8 Å². The molecule has 158 valence electrons. The normalized spacial score (nSPS) is 10.8. The standard InChI is InChI=1S/C23H23N5O3/c1-30-18-9-7-16(8-10-18)19-14-22-26-21(27-28(22)15-25-19)11-12-24-23(29)13-17-5-3-4-6-20(17)31-2/h3-10,14-15H,11-13H2,1-2H3,(H,24,29). The highest BCUT2D eigenvalue weighted by Crippen LogP contribution is 2.21. The molecule has 31 heavy (non-hydrogen) atoms. The molecule has 0 spiro atoms. The van der Waals surface area contributed by atoms with Gasteiger partial charge in [-0.25, -0.2) is 14.5 Å². The molecule has 2 aromatic heterocycles. The topological polar surface area (TPSA) is 90.6 Å². The number of amides is 1. The number of hydrogen-bond acceptors (Lipinski definition) is 6. The molecule has 0 aliphatic rings. The number of nitrogens with one attached hydrogen (secondary N) is 1. The SMILES string of the molecule is COc1ccc(-c2cc3nc(CCNC(=O)Cc4ccccc4OC)nn3cn2)cc1. The van der Waals surface area contributed by atoms with Gasteiger partial charge in [-0.2, -0.15) is 0 Å². The molecule has 0 aliphatic heterocycles. The Morgan fingerprint density at radius 1 is 1.06 bits per heavy atom. The van der Waals surface area contributed by atoms with Gasteiger partial charge in [0, 0.05) is 30.2 Å². The molecule has 0 bridgehead atoms. The van der Waals surface area contributed by atoms with E-state index in [-0.39, 0.29) is 12.3 Å². The van der Waals surface area contributed by atoms with Crippen molar-refractivity contribution in [1.82, 2.24) is 24.9 Å².